The number of rotatable bonds is 4. The Morgan fingerprint density at radius 2 is 1.75 bits per heavy atom. The Labute approximate surface area is 122 Å². The molecule has 0 radical (unpaired) electrons. The van der Waals surface area contributed by atoms with Crippen molar-refractivity contribution in [2.75, 3.05) is 0 Å². The van der Waals surface area contributed by atoms with Crippen LogP contribution in [0.2, 0.25) is 5.02 Å². The quantitative estimate of drug-likeness (QED) is 0.870. The second kappa shape index (κ2) is 6.04. The summed E-state index contributed by atoms with van der Waals surface area (Å²) in [6.45, 7) is 0. The first-order valence-electron chi connectivity index (χ1n) is 5.79. The minimum Gasteiger partial charge on any atom is -0.245 e. The van der Waals surface area contributed by atoms with E-state index in [0.29, 0.717) is 16.1 Å². The van der Waals surface area contributed by atoms with E-state index in [4.69, 9.17) is 16.9 Å². The monoisotopic (exact) mass is 306 g/mol. The summed E-state index contributed by atoms with van der Waals surface area (Å²) >= 11 is 5.96. The molecule has 1 heterocycles. The molecule has 102 valence electrons. The molecular formula is C14H11ClN2O2S. The normalized spacial score (nSPS) is 11.0. The molecule has 0 aliphatic heterocycles. The smallest absolute Gasteiger partial charge is 0.158 e. The van der Waals surface area contributed by atoms with Crippen LogP contribution in [-0.4, -0.2) is 13.4 Å². The Bertz CT molecular complexity index is 767. The molecule has 0 saturated carbocycles. The summed E-state index contributed by atoms with van der Waals surface area (Å²) in [7, 11) is -3.42. The number of nitrogens with zero attached hydrogens (tertiary/aromatic N) is 2. The maximum Gasteiger partial charge on any atom is 0.158 e. The van der Waals surface area contributed by atoms with Gasteiger partial charge in [0, 0.05) is 16.8 Å². The molecule has 20 heavy (non-hydrogen) atoms. The van der Waals surface area contributed by atoms with Gasteiger partial charge in [0.15, 0.2) is 9.84 Å². The molecule has 0 atom stereocenters. The predicted octanol–water partition coefficient (Wildman–Crippen LogP) is 2.72. The molecule has 0 spiro atoms. The molecular weight excluding hydrogens is 296 g/mol. The summed E-state index contributed by atoms with van der Waals surface area (Å²) in [6, 6.07) is 11.9. The summed E-state index contributed by atoms with van der Waals surface area (Å²) in [4.78, 5) is 3.85. The molecule has 4 nitrogen and oxygen atoms in total. The maximum absolute atomic E-state index is 12.2. The Balaban J connectivity index is 2.25. The van der Waals surface area contributed by atoms with E-state index in [9.17, 15) is 8.42 Å². The van der Waals surface area contributed by atoms with Gasteiger partial charge in [-0.1, -0.05) is 35.9 Å². The predicted molar refractivity (Wildman–Crippen MR) is 76.7 cm³/mol. The number of sulfone groups is 1. The van der Waals surface area contributed by atoms with E-state index in [-0.39, 0.29) is 17.2 Å². The van der Waals surface area contributed by atoms with E-state index in [0.717, 1.165) is 0 Å². The number of hydrogen-bond acceptors (Lipinski definition) is 4. The summed E-state index contributed by atoms with van der Waals surface area (Å²) < 4.78 is 24.4. The number of hydrogen-bond donors (Lipinski definition) is 0. The Morgan fingerprint density at radius 1 is 1.10 bits per heavy atom. The van der Waals surface area contributed by atoms with Crippen molar-refractivity contribution in [1.29, 1.82) is 5.26 Å². The van der Waals surface area contributed by atoms with Gasteiger partial charge in [0.2, 0.25) is 0 Å². The van der Waals surface area contributed by atoms with Crippen molar-refractivity contribution in [1.82, 2.24) is 4.98 Å². The van der Waals surface area contributed by atoms with Crippen LogP contribution in [0, 0.1) is 11.3 Å². The van der Waals surface area contributed by atoms with Crippen molar-refractivity contribution in [2.45, 2.75) is 11.5 Å². The zero-order valence-corrected chi connectivity index (χ0v) is 12.0. The number of pyridine rings is 1. The van der Waals surface area contributed by atoms with Crippen LogP contribution in [-0.2, 0) is 21.3 Å². The summed E-state index contributed by atoms with van der Waals surface area (Å²) in [5.74, 6) is -0.388. The van der Waals surface area contributed by atoms with Gasteiger partial charge in [-0.3, -0.25) is 0 Å². The first-order valence-corrected chi connectivity index (χ1v) is 7.99. The second-order valence-corrected chi connectivity index (χ2v) is 6.72. The van der Waals surface area contributed by atoms with Gasteiger partial charge in [-0.05, 0) is 17.7 Å². The molecule has 6 heteroatoms. The van der Waals surface area contributed by atoms with Crippen molar-refractivity contribution in [2.24, 2.45) is 0 Å². The summed E-state index contributed by atoms with van der Waals surface area (Å²) in [5, 5.41) is 9.34. The highest BCUT2D eigenvalue weighted by atomic mass is 35.5. The zero-order chi connectivity index (χ0) is 14.6. The Kier molecular flexibility index (Phi) is 4.38. The van der Waals surface area contributed by atoms with Crippen molar-refractivity contribution in [3.8, 4) is 6.07 Å². The van der Waals surface area contributed by atoms with Crippen LogP contribution in [0.1, 0.15) is 16.8 Å². The minimum absolute atomic E-state index is 0.134. The number of aromatic nitrogens is 1. The van der Waals surface area contributed by atoms with Crippen molar-refractivity contribution in [3.63, 3.8) is 0 Å². The average molecular weight is 307 g/mol. The molecule has 0 bridgehead atoms. The van der Waals surface area contributed by atoms with E-state index < -0.39 is 9.84 Å². The molecule has 0 amide bonds. The van der Waals surface area contributed by atoms with E-state index in [2.05, 4.69) is 4.98 Å². The van der Waals surface area contributed by atoms with E-state index in [1.54, 1.807) is 36.4 Å². The molecule has 1 aromatic heterocycles. The van der Waals surface area contributed by atoms with Gasteiger partial charge >= 0.3 is 0 Å². The fourth-order valence-electron chi connectivity index (χ4n) is 1.80. The van der Waals surface area contributed by atoms with Gasteiger partial charge in [0.25, 0.3) is 0 Å². The summed E-state index contributed by atoms with van der Waals surface area (Å²) in [6.07, 6.45) is 1.46. The minimum atomic E-state index is -3.42. The molecule has 2 aromatic rings. The Morgan fingerprint density at radius 3 is 2.45 bits per heavy atom. The van der Waals surface area contributed by atoms with E-state index in [1.807, 2.05) is 6.07 Å². The third-order valence-corrected chi connectivity index (χ3v) is 4.58. The molecule has 0 aliphatic carbocycles. The molecule has 0 fully saturated rings. The molecule has 0 saturated heterocycles. The molecule has 2 rings (SSSR count). The molecule has 0 unspecified atom stereocenters. The number of nitriles is 1. The highest BCUT2D eigenvalue weighted by molar-refractivity contribution is 7.89. The van der Waals surface area contributed by atoms with Crippen LogP contribution in [0.15, 0.2) is 42.6 Å². The summed E-state index contributed by atoms with van der Waals surface area (Å²) in [5.41, 5.74) is 1.09. The standard InChI is InChI=1S/C14H11ClN2O2S/c15-13-6-2-1-4-11(13)9-20(18,19)10-12-5-3-7-17-14(12)8-16/h1-7H,9-10H2. The van der Waals surface area contributed by atoms with E-state index in [1.165, 1.54) is 6.20 Å². The van der Waals surface area contributed by atoms with E-state index >= 15 is 0 Å². The number of halogens is 1. The van der Waals surface area contributed by atoms with Gasteiger partial charge in [0.05, 0.1) is 11.5 Å². The lowest BCUT2D eigenvalue weighted by Gasteiger charge is -2.07. The van der Waals surface area contributed by atoms with Gasteiger partial charge in [0.1, 0.15) is 11.8 Å². The molecule has 1 aromatic carbocycles. The third kappa shape index (κ3) is 3.56. The van der Waals surface area contributed by atoms with Crippen LogP contribution in [0.25, 0.3) is 0 Å². The lowest BCUT2D eigenvalue weighted by Crippen LogP contribution is -2.09. The van der Waals surface area contributed by atoms with Crippen molar-refractivity contribution >= 4 is 21.4 Å². The molecule has 0 N–H and O–H groups in total. The highest BCUT2D eigenvalue weighted by Crippen LogP contribution is 2.20. The lowest BCUT2D eigenvalue weighted by molar-refractivity contribution is 0.594. The fourth-order valence-corrected chi connectivity index (χ4v) is 3.61. The van der Waals surface area contributed by atoms with Crippen LogP contribution < -0.4 is 0 Å². The SMILES string of the molecule is N#Cc1ncccc1CS(=O)(=O)Cc1ccccc1Cl. The lowest BCUT2D eigenvalue weighted by atomic mass is 10.2. The van der Waals surface area contributed by atoms with Crippen LogP contribution >= 0.6 is 11.6 Å². The van der Waals surface area contributed by atoms with Crippen molar-refractivity contribution in [3.05, 3.63) is 64.4 Å². The van der Waals surface area contributed by atoms with Crippen LogP contribution in [0.3, 0.4) is 0 Å². The van der Waals surface area contributed by atoms with Crippen molar-refractivity contribution < 1.29 is 8.42 Å². The van der Waals surface area contributed by atoms with Gasteiger partial charge in [-0.15, -0.1) is 0 Å². The average Bonchev–Trinajstić information content (AvgIpc) is 2.41. The maximum atomic E-state index is 12.2. The highest BCUT2D eigenvalue weighted by Gasteiger charge is 2.17. The first kappa shape index (κ1) is 14.5. The van der Waals surface area contributed by atoms with Gasteiger partial charge in [-0.2, -0.15) is 5.26 Å². The zero-order valence-electron chi connectivity index (χ0n) is 10.5. The van der Waals surface area contributed by atoms with Gasteiger partial charge in [-0.25, -0.2) is 13.4 Å². The molecule has 0 aliphatic rings. The Hall–Kier alpha value is -1.90. The second-order valence-electron chi connectivity index (χ2n) is 4.25. The largest absolute Gasteiger partial charge is 0.245 e. The van der Waals surface area contributed by atoms with Crippen LogP contribution in [0.4, 0.5) is 0 Å². The number of benzene rings is 1. The topological polar surface area (TPSA) is 70.8 Å². The van der Waals surface area contributed by atoms with Gasteiger partial charge < -0.3 is 0 Å². The third-order valence-electron chi connectivity index (χ3n) is 2.71. The first-order chi connectivity index (χ1) is 9.52. The fraction of sp³-hybridized carbons (Fsp3) is 0.143. The van der Waals surface area contributed by atoms with Crippen LogP contribution in [0.5, 0.6) is 0 Å².